The predicted molar refractivity (Wildman–Crippen MR) is 75.6 cm³/mol. The van der Waals surface area contributed by atoms with Gasteiger partial charge in [0.05, 0.1) is 4.92 Å². The topological polar surface area (TPSA) is 119 Å². The van der Waals surface area contributed by atoms with Gasteiger partial charge in [0.2, 0.25) is 11.8 Å². The van der Waals surface area contributed by atoms with Crippen molar-refractivity contribution in [2.75, 3.05) is 11.9 Å². The number of nitrogens with zero attached hydrogens (tertiary/aromatic N) is 4. The fraction of sp³-hybridized carbons (Fsp3) is 0.417. The summed E-state index contributed by atoms with van der Waals surface area (Å²) in [5.41, 5.74) is 0.747. The van der Waals surface area contributed by atoms with E-state index in [1.807, 2.05) is 6.92 Å². The third-order valence-electron chi connectivity index (χ3n) is 2.63. The molecule has 0 aliphatic carbocycles. The van der Waals surface area contributed by atoms with Gasteiger partial charge in [0.25, 0.3) is 0 Å². The second-order valence-corrected chi connectivity index (χ2v) is 4.46. The summed E-state index contributed by atoms with van der Waals surface area (Å²) in [6.45, 7) is 6.00. The third-order valence-corrected chi connectivity index (χ3v) is 2.63. The SMILES string of the molecule is CCCNc1nc(C)c([N+](=O)[O-])c(Oc2cc(C)[nH]n2)n1. The zero-order chi connectivity index (χ0) is 15.4. The quantitative estimate of drug-likeness (QED) is 0.619. The number of rotatable bonds is 6. The molecule has 21 heavy (non-hydrogen) atoms. The Hall–Kier alpha value is -2.71. The Kier molecular flexibility index (Phi) is 4.31. The van der Waals surface area contributed by atoms with Crippen LogP contribution in [0, 0.1) is 24.0 Å². The summed E-state index contributed by atoms with van der Waals surface area (Å²) < 4.78 is 5.42. The molecule has 2 heterocycles. The first-order valence-electron chi connectivity index (χ1n) is 6.48. The van der Waals surface area contributed by atoms with Gasteiger partial charge in [-0.1, -0.05) is 6.92 Å². The highest BCUT2D eigenvalue weighted by Gasteiger charge is 2.24. The van der Waals surface area contributed by atoms with Crippen molar-refractivity contribution in [3.05, 3.63) is 27.6 Å². The maximum absolute atomic E-state index is 11.2. The molecular weight excluding hydrogens is 276 g/mol. The van der Waals surface area contributed by atoms with E-state index in [4.69, 9.17) is 4.74 Å². The number of nitro groups is 1. The van der Waals surface area contributed by atoms with Crippen LogP contribution in [-0.2, 0) is 0 Å². The van der Waals surface area contributed by atoms with Gasteiger partial charge in [0.1, 0.15) is 5.69 Å². The molecule has 2 aromatic heterocycles. The average Bonchev–Trinajstić information content (AvgIpc) is 2.80. The molecule has 9 nitrogen and oxygen atoms in total. The molecule has 0 spiro atoms. The highest BCUT2D eigenvalue weighted by molar-refractivity contribution is 5.50. The monoisotopic (exact) mass is 292 g/mol. The van der Waals surface area contributed by atoms with Crippen LogP contribution in [0.15, 0.2) is 6.07 Å². The van der Waals surface area contributed by atoms with Gasteiger partial charge in [-0.3, -0.25) is 15.2 Å². The van der Waals surface area contributed by atoms with Gasteiger partial charge in [-0.15, -0.1) is 5.10 Å². The van der Waals surface area contributed by atoms with E-state index >= 15 is 0 Å². The smallest absolute Gasteiger partial charge is 0.352 e. The number of anilines is 1. The van der Waals surface area contributed by atoms with E-state index in [1.165, 1.54) is 0 Å². The van der Waals surface area contributed by atoms with Gasteiger partial charge in [-0.05, 0) is 20.3 Å². The molecule has 0 radical (unpaired) electrons. The van der Waals surface area contributed by atoms with Gasteiger partial charge >= 0.3 is 11.6 Å². The Balaban J connectivity index is 2.39. The van der Waals surface area contributed by atoms with E-state index in [0.717, 1.165) is 12.1 Å². The number of aromatic amines is 1. The largest absolute Gasteiger partial charge is 0.413 e. The van der Waals surface area contributed by atoms with E-state index in [9.17, 15) is 10.1 Å². The number of hydrogen-bond acceptors (Lipinski definition) is 7. The summed E-state index contributed by atoms with van der Waals surface area (Å²) in [5.74, 6) is 0.384. The molecule has 2 rings (SSSR count). The van der Waals surface area contributed by atoms with Crippen molar-refractivity contribution < 1.29 is 9.66 Å². The van der Waals surface area contributed by atoms with Crippen molar-refractivity contribution >= 4 is 11.6 Å². The molecule has 2 N–H and O–H groups in total. The first kappa shape index (κ1) is 14.7. The molecule has 0 aliphatic rings. The van der Waals surface area contributed by atoms with Gasteiger partial charge in [-0.25, -0.2) is 4.98 Å². The molecule has 0 saturated heterocycles. The van der Waals surface area contributed by atoms with Crippen molar-refractivity contribution in [1.29, 1.82) is 0 Å². The van der Waals surface area contributed by atoms with E-state index in [1.54, 1.807) is 19.9 Å². The number of H-pyrrole nitrogens is 1. The Morgan fingerprint density at radius 1 is 1.43 bits per heavy atom. The van der Waals surface area contributed by atoms with Crippen LogP contribution in [0.4, 0.5) is 11.6 Å². The fourth-order valence-corrected chi connectivity index (χ4v) is 1.68. The summed E-state index contributed by atoms with van der Waals surface area (Å²) in [5, 5.41) is 20.7. The number of ether oxygens (including phenoxy) is 1. The summed E-state index contributed by atoms with van der Waals surface area (Å²) in [4.78, 5) is 18.7. The maximum atomic E-state index is 11.2. The summed E-state index contributed by atoms with van der Waals surface area (Å²) in [7, 11) is 0. The second kappa shape index (κ2) is 6.16. The highest BCUT2D eigenvalue weighted by atomic mass is 16.6. The Morgan fingerprint density at radius 3 is 2.76 bits per heavy atom. The summed E-state index contributed by atoms with van der Waals surface area (Å²) in [6.07, 6.45) is 0.883. The number of aromatic nitrogens is 4. The van der Waals surface area contributed by atoms with Crippen molar-refractivity contribution in [2.24, 2.45) is 0 Å². The van der Waals surface area contributed by atoms with E-state index in [2.05, 4.69) is 25.5 Å². The normalized spacial score (nSPS) is 10.4. The minimum absolute atomic E-state index is 0.127. The predicted octanol–water partition coefficient (Wildman–Crippen LogP) is 2.34. The molecule has 0 aromatic carbocycles. The first-order valence-corrected chi connectivity index (χ1v) is 6.48. The maximum Gasteiger partial charge on any atom is 0.352 e. The van der Waals surface area contributed by atoms with Gasteiger partial charge in [0, 0.05) is 18.3 Å². The van der Waals surface area contributed by atoms with Crippen molar-refractivity contribution in [1.82, 2.24) is 20.2 Å². The van der Waals surface area contributed by atoms with E-state index < -0.39 is 4.92 Å². The Morgan fingerprint density at radius 2 is 2.19 bits per heavy atom. The van der Waals surface area contributed by atoms with Crippen LogP contribution < -0.4 is 10.1 Å². The van der Waals surface area contributed by atoms with Gasteiger partial charge in [-0.2, -0.15) is 4.98 Å². The molecule has 9 heteroatoms. The minimum Gasteiger partial charge on any atom is -0.413 e. The van der Waals surface area contributed by atoms with Crippen LogP contribution in [0.3, 0.4) is 0 Å². The minimum atomic E-state index is -0.562. The van der Waals surface area contributed by atoms with Crippen LogP contribution in [0.5, 0.6) is 11.8 Å². The van der Waals surface area contributed by atoms with Crippen molar-refractivity contribution in [2.45, 2.75) is 27.2 Å². The van der Waals surface area contributed by atoms with Gasteiger partial charge < -0.3 is 10.1 Å². The summed E-state index contributed by atoms with van der Waals surface area (Å²) >= 11 is 0. The molecule has 0 bridgehead atoms. The standard InChI is InChI=1S/C12H16N6O3/c1-4-5-13-12-14-8(3)10(18(19)20)11(15-12)21-9-6-7(2)16-17-9/h6H,4-5H2,1-3H3,(H,16,17)(H,13,14,15). The average molecular weight is 292 g/mol. The lowest BCUT2D eigenvalue weighted by Gasteiger charge is -2.08. The molecule has 0 aliphatic heterocycles. The van der Waals surface area contributed by atoms with Crippen molar-refractivity contribution in [3.8, 4) is 11.8 Å². The highest BCUT2D eigenvalue weighted by Crippen LogP contribution is 2.31. The molecular formula is C12H16N6O3. The Labute approximate surface area is 120 Å². The molecule has 0 amide bonds. The van der Waals surface area contributed by atoms with Crippen LogP contribution >= 0.6 is 0 Å². The zero-order valence-electron chi connectivity index (χ0n) is 12.0. The molecule has 2 aromatic rings. The second-order valence-electron chi connectivity index (χ2n) is 4.46. The first-order chi connectivity index (χ1) is 10.0. The van der Waals surface area contributed by atoms with Crippen LogP contribution in [0.25, 0.3) is 0 Å². The lowest BCUT2D eigenvalue weighted by Crippen LogP contribution is -2.08. The number of nitrogens with one attached hydrogen (secondary N) is 2. The third kappa shape index (κ3) is 3.44. The van der Waals surface area contributed by atoms with Crippen molar-refractivity contribution in [3.63, 3.8) is 0 Å². The lowest BCUT2D eigenvalue weighted by atomic mass is 10.3. The van der Waals surface area contributed by atoms with Gasteiger partial charge in [0.15, 0.2) is 0 Å². The molecule has 0 fully saturated rings. The molecule has 0 atom stereocenters. The summed E-state index contributed by atoms with van der Waals surface area (Å²) in [6, 6.07) is 1.63. The Bertz CT molecular complexity index is 654. The fourth-order valence-electron chi connectivity index (χ4n) is 1.68. The number of aryl methyl sites for hydroxylation is 2. The van der Waals surface area contributed by atoms with Crippen LogP contribution in [-0.4, -0.2) is 31.6 Å². The lowest BCUT2D eigenvalue weighted by molar-refractivity contribution is -0.386. The van der Waals surface area contributed by atoms with E-state index in [-0.39, 0.29) is 23.1 Å². The number of hydrogen-bond donors (Lipinski definition) is 2. The van der Waals surface area contributed by atoms with E-state index in [0.29, 0.717) is 12.5 Å². The molecule has 112 valence electrons. The zero-order valence-corrected chi connectivity index (χ0v) is 12.0. The molecule has 0 unspecified atom stereocenters. The van der Waals surface area contributed by atoms with Crippen LogP contribution in [0.2, 0.25) is 0 Å². The van der Waals surface area contributed by atoms with Crippen LogP contribution in [0.1, 0.15) is 24.7 Å². The molecule has 0 saturated carbocycles.